The van der Waals surface area contributed by atoms with Crippen molar-refractivity contribution in [2.24, 2.45) is 0 Å². The zero-order valence-corrected chi connectivity index (χ0v) is 12.5. The van der Waals surface area contributed by atoms with E-state index in [1.807, 2.05) is 18.2 Å². The number of rotatable bonds is 10. The fourth-order valence-electron chi connectivity index (χ4n) is 1.84. The third-order valence-corrected chi connectivity index (χ3v) is 2.80. The summed E-state index contributed by atoms with van der Waals surface area (Å²) in [5, 5.41) is 13.0. The van der Waals surface area contributed by atoms with Gasteiger partial charge in [0, 0.05) is 19.2 Å². The molecule has 2 N–H and O–H groups in total. The van der Waals surface area contributed by atoms with Crippen molar-refractivity contribution in [2.45, 2.75) is 26.0 Å². The van der Waals surface area contributed by atoms with E-state index in [-0.39, 0.29) is 13.2 Å². The molecule has 0 amide bonds. The van der Waals surface area contributed by atoms with E-state index in [9.17, 15) is 5.11 Å². The van der Waals surface area contributed by atoms with Gasteiger partial charge in [-0.25, -0.2) is 0 Å². The maximum Gasteiger partial charge on any atom is 0.165 e. The molecular weight excluding hydrogens is 258 g/mol. The molecule has 0 aliphatic carbocycles. The summed E-state index contributed by atoms with van der Waals surface area (Å²) in [6, 6.07) is 5.77. The monoisotopic (exact) mass is 283 g/mol. The minimum absolute atomic E-state index is 0.176. The van der Waals surface area contributed by atoms with Crippen molar-refractivity contribution < 1.29 is 19.3 Å². The van der Waals surface area contributed by atoms with Crippen molar-refractivity contribution in [1.29, 1.82) is 0 Å². The van der Waals surface area contributed by atoms with Gasteiger partial charge in [0.15, 0.2) is 11.5 Å². The lowest BCUT2D eigenvalue weighted by Crippen LogP contribution is -2.23. The first kappa shape index (κ1) is 16.8. The summed E-state index contributed by atoms with van der Waals surface area (Å²) in [6.07, 6.45) is 0.425. The van der Waals surface area contributed by atoms with Crippen molar-refractivity contribution in [3.63, 3.8) is 0 Å². The Kier molecular flexibility index (Phi) is 8.02. The van der Waals surface area contributed by atoms with E-state index in [2.05, 4.69) is 12.2 Å². The fourth-order valence-corrected chi connectivity index (χ4v) is 1.84. The number of hydrogen-bond donors (Lipinski definition) is 2. The maximum absolute atomic E-state index is 9.67. The van der Waals surface area contributed by atoms with Crippen LogP contribution in [0.1, 0.15) is 18.9 Å². The average molecular weight is 283 g/mol. The van der Waals surface area contributed by atoms with E-state index in [1.54, 1.807) is 14.2 Å². The largest absolute Gasteiger partial charge is 0.493 e. The lowest BCUT2D eigenvalue weighted by atomic mass is 10.2. The van der Waals surface area contributed by atoms with Crippen LogP contribution in [-0.4, -0.2) is 45.2 Å². The molecule has 1 atom stereocenters. The van der Waals surface area contributed by atoms with Crippen molar-refractivity contribution in [1.82, 2.24) is 5.32 Å². The first-order valence-electron chi connectivity index (χ1n) is 6.89. The zero-order chi connectivity index (χ0) is 14.8. The molecule has 1 aromatic carbocycles. The summed E-state index contributed by atoms with van der Waals surface area (Å²) >= 11 is 0. The van der Waals surface area contributed by atoms with Crippen molar-refractivity contribution in [3.8, 4) is 11.5 Å². The van der Waals surface area contributed by atoms with Crippen molar-refractivity contribution in [2.75, 3.05) is 34.0 Å². The SMILES string of the molecule is CCCNCc1cccc(OC)c1OCC(O)COC. The van der Waals surface area contributed by atoms with Gasteiger partial charge in [-0.05, 0) is 19.0 Å². The first-order chi connectivity index (χ1) is 9.72. The van der Waals surface area contributed by atoms with Crippen LogP contribution in [0.25, 0.3) is 0 Å². The van der Waals surface area contributed by atoms with Gasteiger partial charge in [-0.15, -0.1) is 0 Å². The Morgan fingerprint density at radius 1 is 1.25 bits per heavy atom. The molecule has 0 spiro atoms. The molecule has 5 nitrogen and oxygen atoms in total. The van der Waals surface area contributed by atoms with Crippen LogP contribution in [-0.2, 0) is 11.3 Å². The molecule has 20 heavy (non-hydrogen) atoms. The molecule has 0 radical (unpaired) electrons. The smallest absolute Gasteiger partial charge is 0.165 e. The molecule has 0 saturated carbocycles. The third kappa shape index (κ3) is 5.36. The van der Waals surface area contributed by atoms with E-state index in [1.165, 1.54) is 0 Å². The number of aliphatic hydroxyl groups is 1. The first-order valence-corrected chi connectivity index (χ1v) is 6.89. The Morgan fingerprint density at radius 2 is 2.05 bits per heavy atom. The second kappa shape index (κ2) is 9.58. The molecule has 1 unspecified atom stereocenters. The van der Waals surface area contributed by atoms with Crippen molar-refractivity contribution >= 4 is 0 Å². The lowest BCUT2D eigenvalue weighted by Gasteiger charge is -2.17. The molecular formula is C15H25NO4. The number of aliphatic hydroxyl groups excluding tert-OH is 1. The Bertz CT molecular complexity index is 384. The Morgan fingerprint density at radius 3 is 2.70 bits per heavy atom. The number of ether oxygens (including phenoxy) is 3. The normalized spacial score (nSPS) is 12.2. The van der Waals surface area contributed by atoms with Gasteiger partial charge in [0.2, 0.25) is 0 Å². The zero-order valence-electron chi connectivity index (χ0n) is 12.5. The standard InChI is InChI=1S/C15H25NO4/c1-4-8-16-9-12-6-5-7-14(19-3)15(12)20-11-13(17)10-18-2/h5-7,13,16-17H,4,8-11H2,1-3H3. The quantitative estimate of drug-likeness (QED) is 0.638. The van der Waals surface area contributed by atoms with Crippen LogP contribution in [0.15, 0.2) is 18.2 Å². The predicted molar refractivity (Wildman–Crippen MR) is 78.4 cm³/mol. The number of methoxy groups -OCH3 is 2. The molecule has 0 aliphatic rings. The molecule has 1 aromatic rings. The number of para-hydroxylation sites is 1. The van der Waals surface area contributed by atoms with Crippen LogP contribution < -0.4 is 14.8 Å². The summed E-state index contributed by atoms with van der Waals surface area (Å²) in [6.45, 7) is 4.20. The predicted octanol–water partition coefficient (Wildman–Crippen LogP) is 1.58. The Balaban J connectivity index is 2.73. The Labute approximate surface area is 120 Å². The Hall–Kier alpha value is -1.30. The molecule has 0 aliphatic heterocycles. The van der Waals surface area contributed by atoms with E-state index >= 15 is 0 Å². The molecule has 114 valence electrons. The van der Waals surface area contributed by atoms with Gasteiger partial charge in [0.25, 0.3) is 0 Å². The van der Waals surface area contributed by atoms with E-state index in [4.69, 9.17) is 14.2 Å². The molecule has 0 aromatic heterocycles. The summed E-state index contributed by atoms with van der Waals surface area (Å²) < 4.78 is 15.9. The summed E-state index contributed by atoms with van der Waals surface area (Å²) in [5.41, 5.74) is 1.02. The van der Waals surface area contributed by atoms with Gasteiger partial charge < -0.3 is 24.6 Å². The van der Waals surface area contributed by atoms with Crippen LogP contribution in [0.4, 0.5) is 0 Å². The van der Waals surface area contributed by atoms with Crippen LogP contribution >= 0.6 is 0 Å². The molecule has 0 heterocycles. The van der Waals surface area contributed by atoms with Gasteiger partial charge in [-0.3, -0.25) is 0 Å². The van der Waals surface area contributed by atoms with Gasteiger partial charge in [0.1, 0.15) is 12.7 Å². The molecule has 0 bridgehead atoms. The number of benzene rings is 1. The topological polar surface area (TPSA) is 60.0 Å². The number of hydrogen-bond acceptors (Lipinski definition) is 5. The minimum atomic E-state index is -0.652. The van der Waals surface area contributed by atoms with Crippen LogP contribution in [0.2, 0.25) is 0 Å². The fraction of sp³-hybridized carbons (Fsp3) is 0.600. The molecule has 0 fully saturated rings. The highest BCUT2D eigenvalue weighted by Crippen LogP contribution is 2.31. The second-order valence-electron chi connectivity index (χ2n) is 4.55. The van der Waals surface area contributed by atoms with Crippen LogP contribution in [0, 0.1) is 0 Å². The minimum Gasteiger partial charge on any atom is -0.493 e. The van der Waals surface area contributed by atoms with Crippen molar-refractivity contribution in [3.05, 3.63) is 23.8 Å². The van der Waals surface area contributed by atoms with Crippen LogP contribution in [0.5, 0.6) is 11.5 Å². The third-order valence-electron chi connectivity index (χ3n) is 2.80. The number of nitrogens with one attached hydrogen (secondary N) is 1. The molecule has 1 rings (SSSR count). The highest BCUT2D eigenvalue weighted by molar-refractivity contribution is 5.46. The van der Waals surface area contributed by atoms with Gasteiger partial charge in [-0.1, -0.05) is 19.1 Å². The highest BCUT2D eigenvalue weighted by atomic mass is 16.5. The summed E-state index contributed by atoms with van der Waals surface area (Å²) in [7, 11) is 3.16. The van der Waals surface area contributed by atoms with Gasteiger partial charge in [0.05, 0.1) is 13.7 Å². The average Bonchev–Trinajstić information content (AvgIpc) is 2.46. The van der Waals surface area contributed by atoms with E-state index in [0.29, 0.717) is 18.0 Å². The van der Waals surface area contributed by atoms with Crippen LogP contribution in [0.3, 0.4) is 0 Å². The molecule has 5 heteroatoms. The summed E-state index contributed by atoms with van der Waals surface area (Å²) in [4.78, 5) is 0. The van der Waals surface area contributed by atoms with E-state index < -0.39 is 6.10 Å². The van der Waals surface area contributed by atoms with E-state index in [0.717, 1.165) is 18.5 Å². The second-order valence-corrected chi connectivity index (χ2v) is 4.55. The summed E-state index contributed by atoms with van der Waals surface area (Å²) in [5.74, 6) is 1.35. The highest BCUT2D eigenvalue weighted by Gasteiger charge is 2.12. The molecule has 0 saturated heterocycles. The van der Waals surface area contributed by atoms with Gasteiger partial charge in [-0.2, -0.15) is 0 Å². The maximum atomic E-state index is 9.67. The lowest BCUT2D eigenvalue weighted by molar-refractivity contribution is 0.0316. The van der Waals surface area contributed by atoms with Gasteiger partial charge >= 0.3 is 0 Å².